The summed E-state index contributed by atoms with van der Waals surface area (Å²) in [6.07, 6.45) is 0.836. The molecule has 5 nitrogen and oxygen atoms in total. The van der Waals surface area contributed by atoms with Crippen molar-refractivity contribution in [1.29, 1.82) is 0 Å². The van der Waals surface area contributed by atoms with Crippen LogP contribution in [-0.2, 0) is 13.0 Å². The van der Waals surface area contributed by atoms with Gasteiger partial charge >= 0.3 is 5.97 Å². The molecule has 0 bridgehead atoms. The number of aryl methyl sites for hydroxylation is 1. The van der Waals surface area contributed by atoms with Crippen LogP contribution >= 0.6 is 0 Å². The lowest BCUT2D eigenvalue weighted by Crippen LogP contribution is -2.15. The molecule has 1 aliphatic rings. The fourth-order valence-electron chi connectivity index (χ4n) is 4.05. The molecule has 4 rings (SSSR count). The third-order valence-corrected chi connectivity index (χ3v) is 5.15. The van der Waals surface area contributed by atoms with Crippen LogP contribution in [0.5, 0.6) is 11.5 Å². The Morgan fingerprint density at radius 2 is 1.60 bits per heavy atom. The fourth-order valence-corrected chi connectivity index (χ4v) is 4.05. The Labute approximate surface area is 176 Å². The number of hydrogen-bond donors (Lipinski definition) is 1. The highest BCUT2D eigenvalue weighted by Gasteiger charge is 2.27. The summed E-state index contributed by atoms with van der Waals surface area (Å²) in [5.41, 5.74) is 5.01. The average Bonchev–Trinajstić information content (AvgIpc) is 3.09. The van der Waals surface area contributed by atoms with E-state index in [0.717, 1.165) is 40.2 Å². The molecule has 30 heavy (non-hydrogen) atoms. The zero-order valence-electron chi connectivity index (χ0n) is 17.8. The average molecular weight is 405 g/mol. The van der Waals surface area contributed by atoms with Gasteiger partial charge in [0.05, 0.1) is 23.5 Å². The van der Waals surface area contributed by atoms with E-state index in [0.29, 0.717) is 17.9 Å². The van der Waals surface area contributed by atoms with Gasteiger partial charge in [-0.2, -0.15) is 0 Å². The van der Waals surface area contributed by atoms with Gasteiger partial charge in [0.2, 0.25) is 0 Å². The third-order valence-electron chi connectivity index (χ3n) is 5.15. The van der Waals surface area contributed by atoms with Crippen molar-refractivity contribution < 1.29 is 19.4 Å². The van der Waals surface area contributed by atoms with Gasteiger partial charge in [-0.05, 0) is 63.4 Å². The summed E-state index contributed by atoms with van der Waals surface area (Å²) < 4.78 is 14.2. The molecular weight excluding hydrogens is 378 g/mol. The standard InChI is InChI=1S/C25H27NO4/c1-15(2)29-22-12-18-10-11-26-21(19(18)14-23(22)30-16(3)4)13-20(25(27)28)24(26)17-8-6-5-7-9-17/h5-9,12-16H,10-11H2,1-4H3,(H,27,28). The number of carboxylic acid groups (broad SMARTS) is 1. The van der Waals surface area contributed by atoms with Crippen LogP contribution in [0.15, 0.2) is 48.5 Å². The molecule has 0 saturated carbocycles. The maximum absolute atomic E-state index is 12.1. The second-order valence-corrected chi connectivity index (χ2v) is 8.15. The van der Waals surface area contributed by atoms with Crippen molar-refractivity contribution in [2.45, 2.75) is 52.9 Å². The minimum Gasteiger partial charge on any atom is -0.487 e. The van der Waals surface area contributed by atoms with Gasteiger partial charge in [-0.15, -0.1) is 0 Å². The number of aromatic nitrogens is 1. The van der Waals surface area contributed by atoms with Crippen LogP contribution in [0.3, 0.4) is 0 Å². The van der Waals surface area contributed by atoms with Crippen molar-refractivity contribution in [2.75, 3.05) is 0 Å². The number of ether oxygens (including phenoxy) is 2. The van der Waals surface area contributed by atoms with Crippen LogP contribution < -0.4 is 9.47 Å². The van der Waals surface area contributed by atoms with E-state index in [9.17, 15) is 9.90 Å². The summed E-state index contributed by atoms with van der Waals surface area (Å²) in [7, 11) is 0. The van der Waals surface area contributed by atoms with Gasteiger partial charge < -0.3 is 19.1 Å². The molecule has 0 spiro atoms. The van der Waals surface area contributed by atoms with Crippen molar-refractivity contribution in [3.8, 4) is 34.0 Å². The van der Waals surface area contributed by atoms with Gasteiger partial charge in [-0.25, -0.2) is 4.79 Å². The first-order chi connectivity index (χ1) is 14.3. The normalized spacial score (nSPS) is 12.6. The Hall–Kier alpha value is -3.21. The van der Waals surface area contributed by atoms with Gasteiger partial charge in [0.1, 0.15) is 0 Å². The molecular formula is C25H27NO4. The number of nitrogens with zero attached hydrogens (tertiary/aromatic N) is 1. The molecule has 2 aromatic carbocycles. The first-order valence-corrected chi connectivity index (χ1v) is 10.4. The highest BCUT2D eigenvalue weighted by Crippen LogP contribution is 2.43. The van der Waals surface area contributed by atoms with E-state index in [4.69, 9.17) is 9.47 Å². The van der Waals surface area contributed by atoms with Gasteiger partial charge in [0.15, 0.2) is 11.5 Å². The summed E-state index contributed by atoms with van der Waals surface area (Å²) in [5, 5.41) is 9.88. The van der Waals surface area contributed by atoms with Crippen molar-refractivity contribution in [3.05, 3.63) is 59.7 Å². The molecule has 2 heterocycles. The molecule has 5 heteroatoms. The van der Waals surface area contributed by atoms with Gasteiger partial charge in [-0.3, -0.25) is 0 Å². The SMILES string of the molecule is CC(C)Oc1cc2c(cc1OC(C)C)-c1cc(C(=O)O)c(-c3ccccc3)n1CC2. The van der Waals surface area contributed by atoms with Crippen molar-refractivity contribution in [2.24, 2.45) is 0 Å². The number of carbonyl (C=O) groups is 1. The smallest absolute Gasteiger partial charge is 0.337 e. The summed E-state index contributed by atoms with van der Waals surface area (Å²) in [4.78, 5) is 12.1. The fraction of sp³-hybridized carbons (Fsp3) is 0.320. The first kappa shape index (κ1) is 20.1. The van der Waals surface area contributed by atoms with Crippen molar-refractivity contribution in [3.63, 3.8) is 0 Å². The summed E-state index contributed by atoms with van der Waals surface area (Å²) >= 11 is 0. The lowest BCUT2D eigenvalue weighted by Gasteiger charge is -2.25. The summed E-state index contributed by atoms with van der Waals surface area (Å²) in [5.74, 6) is 0.500. The monoisotopic (exact) mass is 405 g/mol. The zero-order chi connectivity index (χ0) is 21.4. The lowest BCUT2D eigenvalue weighted by atomic mass is 9.97. The highest BCUT2D eigenvalue weighted by atomic mass is 16.5. The largest absolute Gasteiger partial charge is 0.487 e. The molecule has 0 aliphatic carbocycles. The van der Waals surface area contributed by atoms with Crippen LogP contribution in [0.25, 0.3) is 22.5 Å². The molecule has 3 aromatic rings. The molecule has 0 fully saturated rings. The molecule has 1 aromatic heterocycles. The van der Waals surface area contributed by atoms with E-state index in [1.165, 1.54) is 0 Å². The van der Waals surface area contributed by atoms with Gasteiger partial charge in [0.25, 0.3) is 0 Å². The van der Waals surface area contributed by atoms with Crippen LogP contribution in [0.4, 0.5) is 0 Å². The predicted molar refractivity (Wildman–Crippen MR) is 117 cm³/mol. The van der Waals surface area contributed by atoms with Crippen molar-refractivity contribution in [1.82, 2.24) is 4.57 Å². The molecule has 0 radical (unpaired) electrons. The Morgan fingerprint density at radius 1 is 0.967 bits per heavy atom. The van der Waals surface area contributed by atoms with E-state index in [1.807, 2.05) is 70.2 Å². The Balaban J connectivity index is 1.91. The number of hydrogen-bond acceptors (Lipinski definition) is 3. The molecule has 1 N–H and O–H groups in total. The van der Waals surface area contributed by atoms with Crippen LogP contribution in [0.1, 0.15) is 43.6 Å². The van der Waals surface area contributed by atoms with E-state index in [2.05, 4.69) is 4.57 Å². The molecule has 1 aliphatic heterocycles. The topological polar surface area (TPSA) is 60.7 Å². The third kappa shape index (κ3) is 3.67. The molecule has 0 saturated heterocycles. The number of fused-ring (bicyclic) bond motifs is 3. The lowest BCUT2D eigenvalue weighted by molar-refractivity contribution is 0.0697. The first-order valence-electron chi connectivity index (χ1n) is 10.4. The van der Waals surface area contributed by atoms with Crippen LogP contribution in [0.2, 0.25) is 0 Å². The second-order valence-electron chi connectivity index (χ2n) is 8.15. The van der Waals surface area contributed by atoms with E-state index < -0.39 is 5.97 Å². The minimum absolute atomic E-state index is 0.00222. The number of aromatic carboxylic acids is 1. The minimum atomic E-state index is -0.921. The molecule has 0 atom stereocenters. The molecule has 0 amide bonds. The Kier molecular flexibility index (Phi) is 5.29. The Bertz CT molecular complexity index is 1080. The highest BCUT2D eigenvalue weighted by molar-refractivity contribution is 5.98. The quantitative estimate of drug-likeness (QED) is 0.576. The summed E-state index contributed by atoms with van der Waals surface area (Å²) in [6.45, 7) is 8.67. The van der Waals surface area contributed by atoms with Gasteiger partial charge in [0, 0.05) is 17.8 Å². The van der Waals surface area contributed by atoms with Gasteiger partial charge in [-0.1, -0.05) is 30.3 Å². The summed E-state index contributed by atoms with van der Waals surface area (Å²) in [6, 6.07) is 15.5. The van der Waals surface area contributed by atoms with E-state index in [1.54, 1.807) is 6.07 Å². The maximum Gasteiger partial charge on any atom is 0.337 e. The zero-order valence-corrected chi connectivity index (χ0v) is 17.8. The number of rotatable bonds is 6. The predicted octanol–water partition coefficient (Wildman–Crippen LogP) is 5.65. The maximum atomic E-state index is 12.1. The number of benzene rings is 2. The molecule has 0 unspecified atom stereocenters. The van der Waals surface area contributed by atoms with E-state index >= 15 is 0 Å². The second kappa shape index (κ2) is 7.90. The Morgan fingerprint density at radius 3 is 2.20 bits per heavy atom. The van der Waals surface area contributed by atoms with Crippen LogP contribution in [0, 0.1) is 0 Å². The van der Waals surface area contributed by atoms with Crippen LogP contribution in [-0.4, -0.2) is 27.9 Å². The van der Waals surface area contributed by atoms with E-state index in [-0.39, 0.29) is 12.2 Å². The number of carboxylic acids is 1. The van der Waals surface area contributed by atoms with Crippen molar-refractivity contribution >= 4 is 5.97 Å². The molecule has 156 valence electrons.